The molecule has 80 valence electrons. The molecule has 16 heavy (non-hydrogen) atoms. The van der Waals surface area contributed by atoms with Crippen LogP contribution in [0.1, 0.15) is 12.6 Å². The van der Waals surface area contributed by atoms with Crippen molar-refractivity contribution in [1.29, 1.82) is 0 Å². The lowest BCUT2D eigenvalue weighted by Gasteiger charge is -2.00. The Bertz CT molecular complexity index is 610. The quantitative estimate of drug-likeness (QED) is 0.676. The van der Waals surface area contributed by atoms with Crippen LogP contribution in [0.3, 0.4) is 0 Å². The Hall–Kier alpha value is -1.68. The number of thiophene rings is 1. The fraction of sp³-hybridized carbons (Fsp3) is 0.167. The highest BCUT2D eigenvalue weighted by Crippen LogP contribution is 2.22. The number of hydrogen-bond acceptors (Lipinski definition) is 3. The maximum absolute atomic E-state index is 4.57. The lowest BCUT2D eigenvalue weighted by atomic mass is 10.3. The van der Waals surface area contributed by atoms with Crippen molar-refractivity contribution >= 4 is 17.0 Å². The fourth-order valence-corrected chi connectivity index (χ4v) is 2.36. The van der Waals surface area contributed by atoms with Crippen molar-refractivity contribution in [2.75, 3.05) is 0 Å². The Morgan fingerprint density at radius 2 is 2.25 bits per heavy atom. The minimum absolute atomic E-state index is 0.901. The normalized spacial score (nSPS) is 11.1. The predicted molar refractivity (Wildman–Crippen MR) is 65.7 cm³/mol. The first-order valence-electron chi connectivity index (χ1n) is 5.24. The van der Waals surface area contributed by atoms with Gasteiger partial charge in [-0.05, 0) is 30.0 Å². The number of nitrogens with zero attached hydrogens (tertiary/aromatic N) is 3. The molecule has 0 aliphatic rings. The average Bonchev–Trinajstić information content (AvgIpc) is 2.96. The van der Waals surface area contributed by atoms with Gasteiger partial charge in [0, 0.05) is 10.9 Å². The van der Waals surface area contributed by atoms with Gasteiger partial charge in [0.05, 0.1) is 17.6 Å². The van der Waals surface area contributed by atoms with Crippen molar-refractivity contribution in [2.24, 2.45) is 0 Å². The molecule has 0 aromatic carbocycles. The monoisotopic (exact) mass is 229 g/mol. The summed E-state index contributed by atoms with van der Waals surface area (Å²) in [6.07, 6.45) is 2.82. The first-order valence-corrected chi connectivity index (χ1v) is 6.19. The van der Waals surface area contributed by atoms with Crippen LogP contribution in [0.25, 0.3) is 16.9 Å². The number of imidazole rings is 1. The Morgan fingerprint density at radius 1 is 1.31 bits per heavy atom. The van der Waals surface area contributed by atoms with E-state index in [0.717, 1.165) is 23.5 Å². The molecule has 0 N–H and O–H groups in total. The average molecular weight is 229 g/mol. The molecular formula is C12H11N3S. The number of hydrogen-bond donors (Lipinski definition) is 0. The molecule has 0 saturated heterocycles. The summed E-state index contributed by atoms with van der Waals surface area (Å²) >= 11 is 1.69. The van der Waals surface area contributed by atoms with Crippen LogP contribution in [-0.4, -0.2) is 14.6 Å². The smallest absolute Gasteiger partial charge is 0.154 e. The number of rotatable bonds is 2. The number of fused-ring (bicyclic) bond motifs is 1. The second kappa shape index (κ2) is 3.72. The summed E-state index contributed by atoms with van der Waals surface area (Å²) in [6.45, 7) is 2.11. The van der Waals surface area contributed by atoms with E-state index < -0.39 is 0 Å². The van der Waals surface area contributed by atoms with Gasteiger partial charge in [0.25, 0.3) is 0 Å². The van der Waals surface area contributed by atoms with E-state index in [4.69, 9.17) is 0 Å². The van der Waals surface area contributed by atoms with Gasteiger partial charge in [-0.1, -0.05) is 6.92 Å². The first-order chi connectivity index (χ1) is 7.88. The molecule has 0 fully saturated rings. The maximum Gasteiger partial charge on any atom is 0.154 e. The van der Waals surface area contributed by atoms with Crippen LogP contribution < -0.4 is 0 Å². The zero-order valence-electron chi connectivity index (χ0n) is 8.92. The summed E-state index contributed by atoms with van der Waals surface area (Å²) in [7, 11) is 0. The van der Waals surface area contributed by atoms with E-state index in [1.54, 1.807) is 11.3 Å². The van der Waals surface area contributed by atoms with Crippen LogP contribution in [0.4, 0.5) is 0 Å². The van der Waals surface area contributed by atoms with E-state index in [-0.39, 0.29) is 0 Å². The third-order valence-corrected chi connectivity index (χ3v) is 3.28. The van der Waals surface area contributed by atoms with E-state index in [0.29, 0.717) is 0 Å². The second-order valence-corrected chi connectivity index (χ2v) is 4.38. The number of aromatic nitrogens is 3. The molecule has 0 bridgehead atoms. The summed E-state index contributed by atoms with van der Waals surface area (Å²) in [5.74, 6) is 0. The van der Waals surface area contributed by atoms with Gasteiger partial charge in [-0.25, -0.2) is 9.50 Å². The van der Waals surface area contributed by atoms with Crippen molar-refractivity contribution in [3.05, 3.63) is 40.8 Å². The van der Waals surface area contributed by atoms with Gasteiger partial charge >= 0.3 is 0 Å². The minimum Gasteiger partial charge on any atom is -0.235 e. The molecule has 0 spiro atoms. The van der Waals surface area contributed by atoms with E-state index in [2.05, 4.69) is 33.8 Å². The molecule has 0 radical (unpaired) electrons. The van der Waals surface area contributed by atoms with Crippen LogP contribution in [0.5, 0.6) is 0 Å². The summed E-state index contributed by atoms with van der Waals surface area (Å²) in [5.41, 5.74) is 4.23. The molecule has 3 heterocycles. The standard InChI is InChI=1S/C12H11N3S/c1-2-10-3-4-12-13-7-11(15(12)14-10)9-5-6-16-8-9/h3-8H,2H2,1H3. The molecule has 3 nitrogen and oxygen atoms in total. The Kier molecular flexibility index (Phi) is 2.22. The van der Waals surface area contributed by atoms with E-state index in [1.165, 1.54) is 5.56 Å². The molecule has 3 aromatic heterocycles. The van der Waals surface area contributed by atoms with Gasteiger partial charge in [0.15, 0.2) is 5.65 Å². The minimum atomic E-state index is 0.901. The maximum atomic E-state index is 4.57. The summed E-state index contributed by atoms with van der Waals surface area (Å²) in [4.78, 5) is 4.36. The molecular weight excluding hydrogens is 218 g/mol. The predicted octanol–water partition coefficient (Wildman–Crippen LogP) is 3.02. The zero-order valence-corrected chi connectivity index (χ0v) is 9.74. The lowest BCUT2D eigenvalue weighted by molar-refractivity contribution is 0.867. The molecule has 3 aromatic rings. The molecule has 0 aliphatic carbocycles. The van der Waals surface area contributed by atoms with Crippen molar-refractivity contribution < 1.29 is 0 Å². The molecule has 3 rings (SSSR count). The highest BCUT2D eigenvalue weighted by Gasteiger charge is 2.07. The Labute approximate surface area is 97.4 Å². The third kappa shape index (κ3) is 1.42. The first kappa shape index (κ1) is 9.54. The topological polar surface area (TPSA) is 30.2 Å². The van der Waals surface area contributed by atoms with E-state index in [9.17, 15) is 0 Å². The van der Waals surface area contributed by atoms with Gasteiger partial charge in [-0.3, -0.25) is 0 Å². The van der Waals surface area contributed by atoms with Crippen molar-refractivity contribution in [3.63, 3.8) is 0 Å². The molecule has 0 amide bonds. The van der Waals surface area contributed by atoms with E-state index >= 15 is 0 Å². The number of aryl methyl sites for hydroxylation is 1. The van der Waals surface area contributed by atoms with E-state index in [1.807, 2.05) is 22.8 Å². The van der Waals surface area contributed by atoms with Gasteiger partial charge in [-0.15, -0.1) is 0 Å². The summed E-state index contributed by atoms with van der Waals surface area (Å²) < 4.78 is 1.92. The van der Waals surface area contributed by atoms with Gasteiger partial charge in [0.2, 0.25) is 0 Å². The van der Waals surface area contributed by atoms with Crippen molar-refractivity contribution in [3.8, 4) is 11.3 Å². The summed E-state index contributed by atoms with van der Waals surface area (Å²) in [5, 5.41) is 8.75. The fourth-order valence-electron chi connectivity index (χ4n) is 1.71. The van der Waals surface area contributed by atoms with Crippen molar-refractivity contribution in [1.82, 2.24) is 14.6 Å². The lowest BCUT2D eigenvalue weighted by Crippen LogP contribution is -1.97. The van der Waals surface area contributed by atoms with Crippen LogP contribution >= 0.6 is 11.3 Å². The Morgan fingerprint density at radius 3 is 3.00 bits per heavy atom. The highest BCUT2D eigenvalue weighted by molar-refractivity contribution is 7.08. The molecule has 0 atom stereocenters. The van der Waals surface area contributed by atoms with Crippen LogP contribution in [0, 0.1) is 0 Å². The summed E-state index contributed by atoms with van der Waals surface area (Å²) in [6, 6.07) is 6.13. The van der Waals surface area contributed by atoms with Crippen LogP contribution in [-0.2, 0) is 6.42 Å². The van der Waals surface area contributed by atoms with Gasteiger partial charge in [-0.2, -0.15) is 16.4 Å². The zero-order chi connectivity index (χ0) is 11.0. The van der Waals surface area contributed by atoms with Crippen LogP contribution in [0.2, 0.25) is 0 Å². The third-order valence-electron chi connectivity index (χ3n) is 2.60. The van der Waals surface area contributed by atoms with Gasteiger partial charge in [0.1, 0.15) is 0 Å². The molecule has 0 unspecified atom stereocenters. The van der Waals surface area contributed by atoms with Crippen molar-refractivity contribution in [2.45, 2.75) is 13.3 Å². The Balaban J connectivity index is 2.25. The highest BCUT2D eigenvalue weighted by atomic mass is 32.1. The van der Waals surface area contributed by atoms with Gasteiger partial charge < -0.3 is 0 Å². The molecule has 0 aliphatic heterocycles. The SMILES string of the molecule is CCc1ccc2ncc(-c3ccsc3)n2n1. The molecule has 0 saturated carbocycles. The van der Waals surface area contributed by atoms with Crippen LogP contribution in [0.15, 0.2) is 35.2 Å². The largest absolute Gasteiger partial charge is 0.235 e. The second-order valence-electron chi connectivity index (χ2n) is 3.60. The molecule has 4 heteroatoms.